The van der Waals surface area contributed by atoms with Crippen molar-refractivity contribution >= 4 is 5.91 Å². The second kappa shape index (κ2) is 5.57. The number of benzene rings is 1. The van der Waals surface area contributed by atoms with Crippen LogP contribution >= 0.6 is 0 Å². The van der Waals surface area contributed by atoms with E-state index < -0.39 is 17.8 Å². The largest absolute Gasteiger partial charge is 0.416 e. The van der Waals surface area contributed by atoms with Crippen LogP contribution in [0.2, 0.25) is 0 Å². The van der Waals surface area contributed by atoms with Gasteiger partial charge in [-0.1, -0.05) is 6.07 Å². The summed E-state index contributed by atoms with van der Waals surface area (Å²) in [6.07, 6.45) is -1.74. The van der Waals surface area contributed by atoms with Crippen LogP contribution in [0.25, 0.3) is 5.69 Å². The molecule has 26 heavy (non-hydrogen) atoms. The maximum absolute atomic E-state index is 12.9. The molecule has 1 aromatic heterocycles. The van der Waals surface area contributed by atoms with Crippen LogP contribution in [-0.4, -0.2) is 44.9 Å². The van der Waals surface area contributed by atoms with Gasteiger partial charge in [-0.15, -0.1) is 0 Å². The van der Waals surface area contributed by atoms with Crippen molar-refractivity contribution in [1.82, 2.24) is 14.7 Å². The van der Waals surface area contributed by atoms with Crippen molar-refractivity contribution in [3.63, 3.8) is 0 Å². The maximum Gasteiger partial charge on any atom is 0.416 e. The topological polar surface area (TPSA) is 58.4 Å². The van der Waals surface area contributed by atoms with Crippen LogP contribution in [0.5, 0.6) is 0 Å². The van der Waals surface area contributed by atoms with Crippen molar-refractivity contribution in [3.05, 3.63) is 47.3 Å². The molecular formula is C18H18F3N3O2. The summed E-state index contributed by atoms with van der Waals surface area (Å²) in [5, 5.41) is 14.2. The number of aliphatic hydroxyl groups excluding tert-OH is 1. The van der Waals surface area contributed by atoms with Crippen LogP contribution in [0.1, 0.15) is 34.5 Å². The minimum atomic E-state index is -4.44. The number of amides is 1. The third-order valence-corrected chi connectivity index (χ3v) is 5.44. The van der Waals surface area contributed by atoms with Gasteiger partial charge in [0.05, 0.1) is 34.8 Å². The lowest BCUT2D eigenvalue weighted by molar-refractivity contribution is -0.137. The number of carbonyl (C=O) groups excluding carboxylic acids is 1. The molecule has 1 unspecified atom stereocenters. The number of rotatable bonds is 2. The zero-order valence-corrected chi connectivity index (χ0v) is 14.1. The third kappa shape index (κ3) is 2.68. The fourth-order valence-corrected chi connectivity index (χ4v) is 3.62. The van der Waals surface area contributed by atoms with Gasteiger partial charge >= 0.3 is 6.18 Å². The standard InChI is InChI=1S/C18H18F3N3O2/c1-11-14(16(26)23-9-15(25)17(10-23)5-6-17)8-22-24(11)13-4-2-3-12(7-13)18(19,20)21/h2-4,7-8,15,25H,5-6,9-10H2,1H3. The summed E-state index contributed by atoms with van der Waals surface area (Å²) in [5.74, 6) is -0.247. The van der Waals surface area contributed by atoms with Crippen molar-refractivity contribution in [2.75, 3.05) is 13.1 Å². The molecule has 1 spiro atoms. The van der Waals surface area contributed by atoms with Crippen LogP contribution in [0, 0.1) is 12.3 Å². The molecule has 2 aliphatic rings. The van der Waals surface area contributed by atoms with Crippen LogP contribution < -0.4 is 0 Å². The second-order valence-electron chi connectivity index (χ2n) is 7.17. The van der Waals surface area contributed by atoms with Gasteiger partial charge in [-0.25, -0.2) is 4.68 Å². The van der Waals surface area contributed by atoms with Crippen LogP contribution in [0.4, 0.5) is 13.2 Å². The molecule has 1 saturated carbocycles. The predicted molar refractivity (Wildman–Crippen MR) is 86.9 cm³/mol. The highest BCUT2D eigenvalue weighted by Crippen LogP contribution is 2.52. The number of nitrogens with zero attached hydrogens (tertiary/aromatic N) is 3. The number of halogens is 3. The molecule has 138 valence electrons. The molecule has 0 radical (unpaired) electrons. The number of aromatic nitrogens is 2. The first-order valence-corrected chi connectivity index (χ1v) is 8.41. The van der Waals surface area contributed by atoms with E-state index in [1.807, 2.05) is 0 Å². The van der Waals surface area contributed by atoms with Gasteiger partial charge in [0.25, 0.3) is 5.91 Å². The van der Waals surface area contributed by atoms with E-state index in [0.29, 0.717) is 17.8 Å². The zero-order valence-electron chi connectivity index (χ0n) is 14.1. The normalized spacial score (nSPS) is 21.4. The number of hydrogen-bond acceptors (Lipinski definition) is 3. The predicted octanol–water partition coefficient (Wildman–Crippen LogP) is 2.80. The number of β-amino-alcohol motifs (C(OH)–C–C–N with tert-alkyl or cyclic N) is 1. The Labute approximate surface area is 148 Å². The Morgan fingerprint density at radius 1 is 1.35 bits per heavy atom. The van der Waals surface area contributed by atoms with E-state index in [1.165, 1.54) is 23.0 Å². The summed E-state index contributed by atoms with van der Waals surface area (Å²) in [6, 6.07) is 4.83. The lowest BCUT2D eigenvalue weighted by atomic mass is 10.0. The summed E-state index contributed by atoms with van der Waals surface area (Å²) >= 11 is 0. The fraction of sp³-hybridized carbons (Fsp3) is 0.444. The number of carbonyl (C=O) groups is 1. The van der Waals surface area contributed by atoms with E-state index in [2.05, 4.69) is 5.10 Å². The number of alkyl halides is 3. The van der Waals surface area contributed by atoms with Gasteiger partial charge in [-0.05, 0) is 38.0 Å². The van der Waals surface area contributed by atoms with E-state index in [-0.39, 0.29) is 23.6 Å². The molecule has 1 aliphatic heterocycles. The van der Waals surface area contributed by atoms with E-state index in [9.17, 15) is 23.1 Å². The molecule has 1 N–H and O–H groups in total. The Morgan fingerprint density at radius 3 is 2.69 bits per heavy atom. The zero-order chi connectivity index (χ0) is 18.7. The molecule has 8 heteroatoms. The Balaban J connectivity index is 1.62. The van der Waals surface area contributed by atoms with Crippen LogP contribution in [-0.2, 0) is 6.18 Å². The molecule has 2 aromatic rings. The smallest absolute Gasteiger partial charge is 0.391 e. The van der Waals surface area contributed by atoms with Crippen molar-refractivity contribution in [3.8, 4) is 5.69 Å². The fourth-order valence-electron chi connectivity index (χ4n) is 3.62. The summed E-state index contributed by atoms with van der Waals surface area (Å²) in [7, 11) is 0. The quantitative estimate of drug-likeness (QED) is 0.890. The van der Waals surface area contributed by atoms with Gasteiger partial charge in [0.15, 0.2) is 0 Å². The first kappa shape index (κ1) is 17.1. The van der Waals surface area contributed by atoms with Crippen molar-refractivity contribution in [2.45, 2.75) is 32.0 Å². The van der Waals surface area contributed by atoms with E-state index in [0.717, 1.165) is 25.0 Å². The molecule has 1 amide bonds. The molecule has 1 aromatic carbocycles. The van der Waals surface area contributed by atoms with E-state index in [4.69, 9.17) is 0 Å². The van der Waals surface area contributed by atoms with E-state index >= 15 is 0 Å². The number of aliphatic hydroxyl groups is 1. The van der Waals surface area contributed by atoms with Gasteiger partial charge in [-0.2, -0.15) is 18.3 Å². The Hall–Kier alpha value is -2.35. The van der Waals surface area contributed by atoms with Gasteiger partial charge in [0.2, 0.25) is 0 Å². The highest BCUT2D eigenvalue weighted by molar-refractivity contribution is 5.95. The van der Waals surface area contributed by atoms with Crippen molar-refractivity contribution in [1.29, 1.82) is 0 Å². The molecule has 2 heterocycles. The van der Waals surface area contributed by atoms with Gasteiger partial charge in [-0.3, -0.25) is 4.79 Å². The Kier molecular flexibility index (Phi) is 3.66. The molecule has 1 saturated heterocycles. The van der Waals surface area contributed by atoms with Crippen LogP contribution in [0.15, 0.2) is 30.5 Å². The molecule has 4 rings (SSSR count). The van der Waals surface area contributed by atoms with E-state index in [1.54, 1.807) is 11.8 Å². The average Bonchev–Trinajstić information content (AvgIpc) is 3.16. The Bertz CT molecular complexity index is 871. The first-order valence-electron chi connectivity index (χ1n) is 8.41. The van der Waals surface area contributed by atoms with Gasteiger partial charge < -0.3 is 10.0 Å². The van der Waals surface area contributed by atoms with Crippen molar-refractivity contribution in [2.24, 2.45) is 5.41 Å². The van der Waals surface area contributed by atoms with Crippen LogP contribution in [0.3, 0.4) is 0 Å². The summed E-state index contributed by atoms with van der Waals surface area (Å²) in [5.41, 5.74) is 0.140. The second-order valence-corrected chi connectivity index (χ2v) is 7.17. The molecule has 2 fully saturated rings. The maximum atomic E-state index is 12.9. The average molecular weight is 365 g/mol. The van der Waals surface area contributed by atoms with Gasteiger partial charge in [0.1, 0.15) is 0 Å². The summed E-state index contributed by atoms with van der Waals surface area (Å²) in [6.45, 7) is 2.45. The number of likely N-dealkylation sites (tertiary alicyclic amines) is 1. The number of hydrogen-bond donors (Lipinski definition) is 1. The monoisotopic (exact) mass is 365 g/mol. The highest BCUT2D eigenvalue weighted by Gasteiger charge is 2.55. The molecule has 1 aliphatic carbocycles. The molecule has 0 bridgehead atoms. The van der Waals surface area contributed by atoms with Crippen molar-refractivity contribution < 1.29 is 23.1 Å². The SMILES string of the molecule is Cc1c(C(=O)N2CC(O)C3(CC3)C2)cnn1-c1cccc(C(F)(F)F)c1. The lowest BCUT2D eigenvalue weighted by Crippen LogP contribution is -2.30. The Morgan fingerprint density at radius 2 is 2.08 bits per heavy atom. The molecule has 1 atom stereocenters. The summed E-state index contributed by atoms with van der Waals surface area (Å²) in [4.78, 5) is 14.4. The third-order valence-electron chi connectivity index (χ3n) is 5.44. The summed E-state index contributed by atoms with van der Waals surface area (Å²) < 4.78 is 40.1. The molecule has 5 nitrogen and oxygen atoms in total. The minimum Gasteiger partial charge on any atom is -0.391 e. The lowest BCUT2D eigenvalue weighted by Gasteiger charge is -2.16. The first-order chi connectivity index (χ1) is 12.2. The minimum absolute atomic E-state index is 0.152. The highest BCUT2D eigenvalue weighted by atomic mass is 19.4. The molecular weight excluding hydrogens is 347 g/mol. The van der Waals surface area contributed by atoms with Gasteiger partial charge in [0, 0.05) is 18.5 Å².